The highest BCUT2D eigenvalue weighted by Gasteiger charge is 2.22. The smallest absolute Gasteiger partial charge is 0.0546 e. The van der Waals surface area contributed by atoms with Crippen molar-refractivity contribution < 1.29 is 0 Å². The van der Waals surface area contributed by atoms with E-state index in [2.05, 4.69) is 496 Å². The van der Waals surface area contributed by atoms with Crippen LogP contribution in [0, 0.1) is 0 Å². The molecule has 22 aromatic carbocycles. The molecule has 1 N–H and O–H groups in total. The lowest BCUT2D eigenvalue weighted by molar-refractivity contribution is 1.18. The molecule has 0 radical (unpaired) electrons. The average Bonchev–Trinajstić information content (AvgIpc) is 1.61. The maximum Gasteiger partial charge on any atom is 0.0546 e. The third-order valence-electron chi connectivity index (χ3n) is 24.2. The number of hydrogen-bond donors (Lipinski definition) is 1. The molecule has 0 amide bonds. The highest BCUT2D eigenvalue weighted by molar-refractivity contribution is 9.10. The molecule has 0 fully saturated rings. The van der Waals surface area contributed by atoms with Crippen molar-refractivity contribution in [1.82, 2.24) is 9.13 Å². The Hall–Kier alpha value is -15.4. The first-order valence-electron chi connectivity index (χ1n) is 41.4. The molecular weight excluding hydrogens is 1530 g/mol. The molecule has 0 spiro atoms. The summed E-state index contributed by atoms with van der Waals surface area (Å²) in [5.74, 6) is 0. The molecule has 0 atom stereocenters. The molecule has 2 heterocycles. The van der Waals surface area contributed by atoms with Gasteiger partial charge in [0.1, 0.15) is 0 Å². The second kappa shape index (κ2) is 30.9. The number of nitrogens with zero attached hydrogens (tertiary/aromatic N) is 3. The van der Waals surface area contributed by atoms with E-state index in [1.54, 1.807) is 0 Å². The Kier molecular flexibility index (Phi) is 18.4. The Bertz CT molecular complexity index is 8090. The van der Waals surface area contributed by atoms with Crippen molar-refractivity contribution in [2.24, 2.45) is 0 Å². The summed E-state index contributed by atoms with van der Waals surface area (Å²) in [5.41, 5.74) is 22.6. The number of fused-ring (bicyclic) bond motifs is 18. The highest BCUT2D eigenvalue weighted by atomic mass is 79.9. The quantitative estimate of drug-likeness (QED) is 0.131. The molecule has 0 saturated heterocycles. The predicted octanol–water partition coefficient (Wildman–Crippen LogP) is 33.1. The largest absolute Gasteiger partial charge is 0.355 e. The fourth-order valence-corrected chi connectivity index (χ4v) is 18.8. The minimum absolute atomic E-state index is 1.08. The lowest BCUT2D eigenvalue weighted by Crippen LogP contribution is -2.10. The molecule has 0 bridgehead atoms. The molecule has 0 aliphatic rings. The summed E-state index contributed by atoms with van der Waals surface area (Å²) >= 11 is 3.52. The topological polar surface area (TPSA) is 25.1 Å². The minimum atomic E-state index is 1.08. The van der Waals surface area contributed by atoms with Crippen LogP contribution in [0.15, 0.2) is 466 Å². The van der Waals surface area contributed by atoms with Crippen LogP contribution in [0.2, 0.25) is 0 Å². The number of anilines is 5. The first-order valence-corrected chi connectivity index (χ1v) is 42.2. The maximum absolute atomic E-state index is 3.68. The number of hydrogen-bond acceptors (Lipinski definition) is 2. The Morgan fingerprint density at radius 2 is 0.504 bits per heavy atom. The lowest BCUT2D eigenvalue weighted by Gasteiger charge is -2.28. The lowest BCUT2D eigenvalue weighted by atomic mass is 9.93. The number of rotatable bonds is 11. The van der Waals surface area contributed by atoms with E-state index in [-0.39, 0.29) is 0 Å². The van der Waals surface area contributed by atoms with Crippen LogP contribution in [0.5, 0.6) is 0 Å². The second-order valence-electron chi connectivity index (χ2n) is 31.2. The van der Waals surface area contributed by atoms with Gasteiger partial charge < -0.3 is 19.4 Å². The van der Waals surface area contributed by atoms with Gasteiger partial charge in [-0.25, -0.2) is 0 Å². The van der Waals surface area contributed by atoms with E-state index in [1.165, 1.54) is 186 Å². The van der Waals surface area contributed by atoms with Gasteiger partial charge in [-0.15, -0.1) is 0 Å². The van der Waals surface area contributed by atoms with E-state index < -0.39 is 0 Å². The summed E-state index contributed by atoms with van der Waals surface area (Å²) in [6.07, 6.45) is 0. The second-order valence-corrected chi connectivity index (χ2v) is 32.1. The van der Waals surface area contributed by atoms with Crippen molar-refractivity contribution in [1.29, 1.82) is 0 Å². The van der Waals surface area contributed by atoms with Crippen LogP contribution in [0.3, 0.4) is 0 Å². The molecule has 24 aromatic rings. The molecular formula is C116H77BrN4. The van der Waals surface area contributed by atoms with Crippen molar-refractivity contribution in [2.75, 3.05) is 10.2 Å². The van der Waals surface area contributed by atoms with Crippen LogP contribution in [0.4, 0.5) is 28.4 Å². The van der Waals surface area contributed by atoms with Crippen LogP contribution in [-0.4, -0.2) is 9.13 Å². The van der Waals surface area contributed by atoms with Crippen LogP contribution in [0.1, 0.15) is 0 Å². The van der Waals surface area contributed by atoms with Crippen LogP contribution in [0.25, 0.3) is 186 Å². The number of nitrogens with one attached hydrogen (secondary N) is 1. The minimum Gasteiger partial charge on any atom is -0.355 e. The van der Waals surface area contributed by atoms with Gasteiger partial charge in [-0.05, 0) is 253 Å². The van der Waals surface area contributed by atoms with Crippen molar-refractivity contribution >= 4 is 174 Å². The molecule has 2 aromatic heterocycles. The van der Waals surface area contributed by atoms with E-state index in [0.717, 1.165) is 32.9 Å². The summed E-state index contributed by atoms with van der Waals surface area (Å²) in [4.78, 5) is 2.43. The number of benzene rings is 22. The summed E-state index contributed by atoms with van der Waals surface area (Å²) in [5, 5.41) is 28.9. The normalized spacial score (nSPS) is 11.5. The van der Waals surface area contributed by atoms with Gasteiger partial charge in [0.15, 0.2) is 0 Å². The fourth-order valence-electron chi connectivity index (χ4n) is 18.5. The van der Waals surface area contributed by atoms with Gasteiger partial charge in [-0.1, -0.05) is 344 Å². The third-order valence-corrected chi connectivity index (χ3v) is 24.7. The van der Waals surface area contributed by atoms with E-state index in [1.807, 2.05) is 0 Å². The first-order chi connectivity index (χ1) is 59.9. The predicted molar refractivity (Wildman–Crippen MR) is 522 cm³/mol. The van der Waals surface area contributed by atoms with E-state index >= 15 is 0 Å². The van der Waals surface area contributed by atoms with Crippen molar-refractivity contribution in [3.05, 3.63) is 466 Å². The summed E-state index contributed by atoms with van der Waals surface area (Å²) < 4.78 is 5.82. The Morgan fingerprint density at radius 3 is 0.950 bits per heavy atom. The standard InChI is InChI=1S/C58H38N2.C34H23N.C24H16BrN/c1-2-16-44(17-3-1)60-56-25-13-12-24-53(56)55-36-41(30-35-57(55)60)39-26-31-45(32-27-39)59(58-38-43-15-5-7-19-48(43)50-21-10-11-23-52(50)58)46-33-28-40(29-34-46)54-37-42-14-4-6-18-47(42)49-20-8-9-22-51(49)54;1-3-11-27-24(9-1)21-33(31-15-6-5-13-29(27)31)23-17-19-26(20-18-23)35-34-22-25-10-2-4-12-28(25)30-14-7-8-16-32(30)34;25-19-13-10-17(11-14-19)18-12-15-24-22(16-18)21-8-4-5-9-23(21)26(24)20-6-2-1-3-7-20/h1-38H;1-22,35H;1-16H. The molecule has 5 heteroatoms. The molecule has 4 nitrogen and oxygen atoms in total. The molecule has 568 valence electrons. The number of halogens is 1. The van der Waals surface area contributed by atoms with Gasteiger partial charge >= 0.3 is 0 Å². The summed E-state index contributed by atoms with van der Waals surface area (Å²) in [6.45, 7) is 0. The zero-order chi connectivity index (χ0) is 80.3. The monoisotopic (exact) mass is 1600 g/mol. The molecule has 0 aliphatic heterocycles. The number of para-hydroxylation sites is 4. The molecule has 24 rings (SSSR count). The zero-order valence-electron chi connectivity index (χ0n) is 66.1. The van der Waals surface area contributed by atoms with Crippen molar-refractivity contribution in [3.63, 3.8) is 0 Å². The third kappa shape index (κ3) is 13.2. The van der Waals surface area contributed by atoms with Gasteiger partial charge in [0.2, 0.25) is 0 Å². The molecule has 121 heavy (non-hydrogen) atoms. The maximum atomic E-state index is 3.68. The summed E-state index contributed by atoms with van der Waals surface area (Å²) in [6, 6.07) is 167. The molecule has 0 saturated carbocycles. The van der Waals surface area contributed by atoms with Crippen molar-refractivity contribution in [2.45, 2.75) is 0 Å². The Labute approximate surface area is 709 Å². The first kappa shape index (κ1) is 72.1. The fraction of sp³-hybridized carbons (Fsp3) is 0. The van der Waals surface area contributed by atoms with Gasteiger partial charge in [0.25, 0.3) is 0 Å². The van der Waals surface area contributed by atoms with E-state index in [0.29, 0.717) is 0 Å². The Morgan fingerprint density at radius 1 is 0.198 bits per heavy atom. The zero-order valence-corrected chi connectivity index (χ0v) is 67.7. The Balaban J connectivity index is 0.000000121. The number of aromatic nitrogens is 2. The van der Waals surface area contributed by atoms with Gasteiger partial charge in [0, 0.05) is 70.9 Å². The van der Waals surface area contributed by atoms with Gasteiger partial charge in [-0.3, -0.25) is 0 Å². The van der Waals surface area contributed by atoms with Crippen LogP contribution >= 0.6 is 15.9 Å². The highest BCUT2D eigenvalue weighted by Crippen LogP contribution is 2.47. The van der Waals surface area contributed by atoms with Gasteiger partial charge in [-0.2, -0.15) is 0 Å². The van der Waals surface area contributed by atoms with Crippen LogP contribution in [-0.2, 0) is 0 Å². The van der Waals surface area contributed by atoms with E-state index in [9.17, 15) is 0 Å². The molecule has 0 aliphatic carbocycles. The summed E-state index contributed by atoms with van der Waals surface area (Å²) in [7, 11) is 0. The molecule has 0 unspecified atom stereocenters. The average molecular weight is 1610 g/mol. The van der Waals surface area contributed by atoms with Crippen molar-refractivity contribution in [3.8, 4) is 55.9 Å². The van der Waals surface area contributed by atoms with E-state index in [4.69, 9.17) is 0 Å². The van der Waals surface area contributed by atoms with Gasteiger partial charge in [0.05, 0.1) is 27.8 Å². The van der Waals surface area contributed by atoms with Crippen LogP contribution < -0.4 is 10.2 Å². The SMILES string of the molecule is Brc1ccc(-c2ccc3c(c2)c2ccccc2n3-c2ccccc2)cc1.c1ccc(-n2c3ccccc3c3cc(-c4ccc(N(c5ccc(-c6cc7ccccc7c7ccccc67)cc5)c5cc6ccccc6c6ccccc56)cc4)ccc32)cc1.c1ccc2c(c1)cc(Nc1ccc(-c3cc4ccccc4c4ccccc34)cc1)c1ccccc12.